The minimum Gasteiger partial charge on any atom is -0.447 e. The average molecular weight is 370 g/mol. The van der Waals surface area contributed by atoms with Crippen LogP contribution in [0.4, 0.5) is 10.5 Å². The van der Waals surface area contributed by atoms with Crippen LogP contribution in [0.25, 0.3) is 10.8 Å². The van der Waals surface area contributed by atoms with Gasteiger partial charge in [0.05, 0.1) is 13.1 Å². The average Bonchev–Trinajstić information content (AvgIpc) is 3.17. The summed E-state index contributed by atoms with van der Waals surface area (Å²) in [5.41, 5.74) is 2.22. The molecule has 1 aliphatic rings. The van der Waals surface area contributed by atoms with E-state index in [2.05, 4.69) is 17.2 Å². The van der Waals surface area contributed by atoms with Crippen LogP contribution in [0.3, 0.4) is 0 Å². The van der Waals surface area contributed by atoms with Gasteiger partial charge in [-0.1, -0.05) is 42.2 Å². The fourth-order valence-corrected chi connectivity index (χ4v) is 3.06. The topological polar surface area (TPSA) is 58.6 Å². The molecule has 1 heterocycles. The molecule has 3 aromatic carbocycles. The van der Waals surface area contributed by atoms with Crippen LogP contribution in [-0.2, 0) is 4.74 Å². The molecule has 1 fully saturated rings. The maximum atomic E-state index is 12.3. The molecule has 28 heavy (non-hydrogen) atoms. The first kappa shape index (κ1) is 17.6. The summed E-state index contributed by atoms with van der Waals surface area (Å²) in [4.78, 5) is 25.4. The molecule has 4 rings (SSSR count). The first-order valence-electron chi connectivity index (χ1n) is 9.01. The van der Waals surface area contributed by atoms with Crippen molar-refractivity contribution >= 4 is 28.5 Å². The molecule has 1 aliphatic heterocycles. The molecule has 0 aliphatic carbocycles. The van der Waals surface area contributed by atoms with Crippen molar-refractivity contribution in [1.29, 1.82) is 0 Å². The van der Waals surface area contributed by atoms with Gasteiger partial charge >= 0.3 is 6.09 Å². The van der Waals surface area contributed by atoms with Crippen LogP contribution < -0.4 is 10.2 Å². The summed E-state index contributed by atoms with van der Waals surface area (Å²) in [5.74, 6) is 5.81. The molecule has 1 saturated heterocycles. The van der Waals surface area contributed by atoms with E-state index in [0.717, 1.165) is 22.0 Å². The normalized spacial score (nSPS) is 13.0. The Morgan fingerprint density at radius 3 is 2.57 bits per heavy atom. The molecular formula is C23H18N2O3. The van der Waals surface area contributed by atoms with E-state index in [-0.39, 0.29) is 18.5 Å². The molecule has 0 bridgehead atoms. The summed E-state index contributed by atoms with van der Waals surface area (Å²) in [6.07, 6.45) is -0.324. The number of benzene rings is 3. The first-order chi connectivity index (χ1) is 13.7. The van der Waals surface area contributed by atoms with Gasteiger partial charge in [0.1, 0.15) is 6.61 Å². The van der Waals surface area contributed by atoms with Gasteiger partial charge in [0.2, 0.25) is 0 Å². The number of nitrogens with one attached hydrogen (secondary N) is 1. The van der Waals surface area contributed by atoms with Crippen LogP contribution in [0.1, 0.15) is 15.9 Å². The number of amides is 2. The van der Waals surface area contributed by atoms with Crippen molar-refractivity contribution in [3.63, 3.8) is 0 Å². The van der Waals surface area contributed by atoms with Gasteiger partial charge in [0.25, 0.3) is 5.91 Å². The SMILES string of the molecule is O=C(NCC#Cc1ccc(N2CCOC2=O)cc1)c1ccc2ccccc2c1. The maximum Gasteiger partial charge on any atom is 0.414 e. The maximum absolute atomic E-state index is 12.3. The van der Waals surface area contributed by atoms with Gasteiger partial charge in [0.15, 0.2) is 0 Å². The molecule has 1 N–H and O–H groups in total. The molecular weight excluding hydrogens is 352 g/mol. The number of cyclic esters (lactones) is 1. The molecule has 0 aromatic heterocycles. The van der Waals surface area contributed by atoms with Crippen LogP contribution in [0.2, 0.25) is 0 Å². The fourth-order valence-electron chi connectivity index (χ4n) is 3.06. The largest absolute Gasteiger partial charge is 0.447 e. The predicted octanol–water partition coefficient (Wildman–Crippen LogP) is 3.58. The number of hydrogen-bond donors (Lipinski definition) is 1. The van der Waals surface area contributed by atoms with Gasteiger partial charge in [-0.3, -0.25) is 9.69 Å². The van der Waals surface area contributed by atoms with E-state index in [1.165, 1.54) is 0 Å². The van der Waals surface area contributed by atoms with Crippen molar-refractivity contribution in [1.82, 2.24) is 5.32 Å². The quantitative estimate of drug-likeness (QED) is 0.717. The van der Waals surface area contributed by atoms with Gasteiger partial charge in [0, 0.05) is 16.8 Å². The Bertz CT molecular complexity index is 1090. The second-order valence-corrected chi connectivity index (χ2v) is 6.36. The number of carbonyl (C=O) groups is 2. The summed E-state index contributed by atoms with van der Waals surface area (Å²) in [6.45, 7) is 1.23. The van der Waals surface area contributed by atoms with Crippen molar-refractivity contribution in [3.8, 4) is 11.8 Å². The number of hydrogen-bond acceptors (Lipinski definition) is 3. The number of nitrogens with zero attached hydrogens (tertiary/aromatic N) is 1. The predicted molar refractivity (Wildman–Crippen MR) is 108 cm³/mol. The third-order valence-corrected chi connectivity index (χ3v) is 4.52. The number of rotatable bonds is 3. The molecule has 3 aromatic rings. The smallest absolute Gasteiger partial charge is 0.414 e. The zero-order valence-electron chi connectivity index (χ0n) is 15.1. The standard InChI is InChI=1S/C23H18N2O3/c26-22(20-10-9-18-5-1-2-6-19(18)16-20)24-13-3-4-17-7-11-21(12-8-17)25-14-15-28-23(25)27/h1-2,5-12,16H,13-15H2,(H,24,26). The summed E-state index contributed by atoms with van der Waals surface area (Å²) >= 11 is 0. The van der Waals surface area contributed by atoms with E-state index in [1.807, 2.05) is 66.7 Å². The summed E-state index contributed by atoms with van der Waals surface area (Å²) in [7, 11) is 0. The molecule has 0 atom stereocenters. The Hall–Kier alpha value is -3.78. The van der Waals surface area contributed by atoms with Crippen LogP contribution in [0.15, 0.2) is 66.7 Å². The third kappa shape index (κ3) is 3.81. The number of anilines is 1. The highest BCUT2D eigenvalue weighted by Gasteiger charge is 2.23. The van der Waals surface area contributed by atoms with Gasteiger partial charge in [-0.2, -0.15) is 0 Å². The van der Waals surface area contributed by atoms with Crippen LogP contribution in [-0.4, -0.2) is 31.7 Å². The van der Waals surface area contributed by atoms with Gasteiger partial charge in [-0.05, 0) is 47.2 Å². The Labute approximate surface area is 162 Å². The Morgan fingerprint density at radius 2 is 1.82 bits per heavy atom. The van der Waals surface area contributed by atoms with E-state index in [1.54, 1.807) is 4.90 Å². The van der Waals surface area contributed by atoms with E-state index < -0.39 is 0 Å². The van der Waals surface area contributed by atoms with Crippen molar-refractivity contribution in [2.75, 3.05) is 24.6 Å². The minimum atomic E-state index is -0.324. The second kappa shape index (κ2) is 7.85. The number of ether oxygens (including phenoxy) is 1. The third-order valence-electron chi connectivity index (χ3n) is 4.52. The zero-order valence-corrected chi connectivity index (χ0v) is 15.1. The van der Waals surface area contributed by atoms with E-state index >= 15 is 0 Å². The number of fused-ring (bicyclic) bond motifs is 1. The van der Waals surface area contributed by atoms with Crippen molar-refractivity contribution in [2.45, 2.75) is 0 Å². The molecule has 5 heteroatoms. The van der Waals surface area contributed by atoms with Crippen LogP contribution in [0.5, 0.6) is 0 Å². The van der Waals surface area contributed by atoms with E-state index in [0.29, 0.717) is 18.7 Å². The molecule has 0 saturated carbocycles. The summed E-state index contributed by atoms with van der Waals surface area (Å²) < 4.78 is 4.93. The Morgan fingerprint density at radius 1 is 1.04 bits per heavy atom. The Balaban J connectivity index is 1.35. The highest BCUT2D eigenvalue weighted by Crippen LogP contribution is 2.19. The van der Waals surface area contributed by atoms with Gasteiger partial charge in [-0.25, -0.2) is 4.79 Å². The molecule has 0 unspecified atom stereocenters. The lowest BCUT2D eigenvalue weighted by Gasteiger charge is -2.11. The lowest BCUT2D eigenvalue weighted by molar-refractivity contribution is 0.0958. The van der Waals surface area contributed by atoms with Gasteiger partial charge < -0.3 is 10.1 Å². The molecule has 5 nitrogen and oxygen atoms in total. The lowest BCUT2D eigenvalue weighted by Crippen LogP contribution is -2.23. The minimum absolute atomic E-state index is 0.150. The zero-order chi connectivity index (χ0) is 19.3. The Kier molecular flexibility index (Phi) is 4.94. The van der Waals surface area contributed by atoms with E-state index in [4.69, 9.17) is 4.74 Å². The van der Waals surface area contributed by atoms with Crippen molar-refractivity contribution < 1.29 is 14.3 Å². The fraction of sp³-hybridized carbons (Fsp3) is 0.130. The van der Waals surface area contributed by atoms with Crippen molar-refractivity contribution in [3.05, 3.63) is 77.9 Å². The molecule has 2 amide bonds. The van der Waals surface area contributed by atoms with Crippen LogP contribution in [0, 0.1) is 11.8 Å². The lowest BCUT2D eigenvalue weighted by atomic mass is 10.1. The van der Waals surface area contributed by atoms with Crippen LogP contribution >= 0.6 is 0 Å². The number of carbonyl (C=O) groups excluding carboxylic acids is 2. The summed E-state index contributed by atoms with van der Waals surface area (Å²) in [5, 5.41) is 4.95. The highest BCUT2D eigenvalue weighted by molar-refractivity contribution is 5.98. The molecule has 0 radical (unpaired) electrons. The van der Waals surface area contributed by atoms with Gasteiger partial charge in [-0.15, -0.1) is 0 Å². The molecule has 0 spiro atoms. The summed E-state index contributed by atoms with van der Waals surface area (Å²) in [6, 6.07) is 20.9. The second-order valence-electron chi connectivity index (χ2n) is 6.36. The highest BCUT2D eigenvalue weighted by atomic mass is 16.6. The molecule has 138 valence electrons. The monoisotopic (exact) mass is 370 g/mol. The first-order valence-corrected chi connectivity index (χ1v) is 9.01. The van der Waals surface area contributed by atoms with Crippen molar-refractivity contribution in [2.24, 2.45) is 0 Å². The van der Waals surface area contributed by atoms with E-state index in [9.17, 15) is 9.59 Å².